The summed E-state index contributed by atoms with van der Waals surface area (Å²) in [6.45, 7) is 2.75. The molecule has 0 aliphatic carbocycles. The summed E-state index contributed by atoms with van der Waals surface area (Å²) < 4.78 is 2.90. The lowest BCUT2D eigenvalue weighted by atomic mass is 10.1. The molecular formula is C16H20N4O2. The number of hydrogen-bond donors (Lipinski definition) is 0. The average Bonchev–Trinajstić information content (AvgIpc) is 3.16. The summed E-state index contributed by atoms with van der Waals surface area (Å²) in [7, 11) is 0. The van der Waals surface area contributed by atoms with Crippen LogP contribution in [-0.2, 0) is 11.3 Å². The van der Waals surface area contributed by atoms with Gasteiger partial charge in [-0.05, 0) is 18.6 Å². The summed E-state index contributed by atoms with van der Waals surface area (Å²) in [5.74, 6) is -0.0587. The highest BCUT2D eigenvalue weighted by Gasteiger charge is 2.24. The molecule has 2 aromatic heterocycles. The van der Waals surface area contributed by atoms with Crippen LogP contribution in [0.3, 0.4) is 0 Å². The molecule has 1 aliphatic heterocycles. The predicted octanol–water partition coefficient (Wildman–Crippen LogP) is 1.45. The molecule has 0 radical (unpaired) electrons. The molecule has 0 fully saturated rings. The number of amides is 1. The van der Waals surface area contributed by atoms with Gasteiger partial charge in [0.1, 0.15) is 18.4 Å². The second-order valence-electron chi connectivity index (χ2n) is 5.58. The van der Waals surface area contributed by atoms with E-state index in [0.717, 1.165) is 19.3 Å². The van der Waals surface area contributed by atoms with Crippen LogP contribution in [0.5, 0.6) is 0 Å². The van der Waals surface area contributed by atoms with Crippen LogP contribution in [0.1, 0.15) is 26.2 Å². The first-order valence-corrected chi connectivity index (χ1v) is 7.69. The summed E-state index contributed by atoms with van der Waals surface area (Å²) in [4.78, 5) is 26.6. The maximum Gasteiger partial charge on any atom is 0.291 e. The number of hydrogen-bond acceptors (Lipinski definition) is 3. The van der Waals surface area contributed by atoms with Gasteiger partial charge in [0.2, 0.25) is 5.91 Å². The van der Waals surface area contributed by atoms with E-state index in [1.807, 2.05) is 11.0 Å². The Morgan fingerprint density at radius 1 is 1.45 bits per heavy atom. The molecular weight excluding hydrogens is 280 g/mol. The fourth-order valence-electron chi connectivity index (χ4n) is 2.83. The minimum atomic E-state index is -0.238. The molecule has 6 heteroatoms. The lowest BCUT2D eigenvalue weighted by molar-refractivity contribution is -0.132. The van der Waals surface area contributed by atoms with Gasteiger partial charge < -0.3 is 9.30 Å². The van der Waals surface area contributed by atoms with Crippen molar-refractivity contribution in [2.24, 2.45) is 0 Å². The Morgan fingerprint density at radius 3 is 3.14 bits per heavy atom. The molecule has 6 nitrogen and oxygen atoms in total. The highest BCUT2D eigenvalue weighted by molar-refractivity contribution is 5.77. The van der Waals surface area contributed by atoms with Crippen LogP contribution in [0.25, 0.3) is 5.52 Å². The van der Waals surface area contributed by atoms with Gasteiger partial charge in [0, 0.05) is 12.7 Å². The van der Waals surface area contributed by atoms with Crippen LogP contribution < -0.4 is 5.56 Å². The van der Waals surface area contributed by atoms with Gasteiger partial charge in [-0.25, -0.2) is 4.68 Å². The van der Waals surface area contributed by atoms with E-state index in [0.29, 0.717) is 12.1 Å². The van der Waals surface area contributed by atoms with Crippen LogP contribution in [0.2, 0.25) is 0 Å². The van der Waals surface area contributed by atoms with Crippen molar-refractivity contribution in [2.45, 2.75) is 38.8 Å². The normalized spacial score (nSPS) is 17.5. The van der Waals surface area contributed by atoms with E-state index >= 15 is 0 Å². The molecule has 1 atom stereocenters. The Kier molecular flexibility index (Phi) is 4.09. The zero-order valence-corrected chi connectivity index (χ0v) is 12.7. The second kappa shape index (κ2) is 6.17. The van der Waals surface area contributed by atoms with Crippen molar-refractivity contribution in [3.63, 3.8) is 0 Å². The summed E-state index contributed by atoms with van der Waals surface area (Å²) in [6, 6.07) is 3.67. The van der Waals surface area contributed by atoms with Gasteiger partial charge in [-0.1, -0.05) is 31.9 Å². The van der Waals surface area contributed by atoms with E-state index in [1.165, 1.54) is 4.68 Å². The molecule has 22 heavy (non-hydrogen) atoms. The van der Waals surface area contributed by atoms with Crippen LogP contribution in [0.15, 0.2) is 41.6 Å². The van der Waals surface area contributed by atoms with Crippen molar-refractivity contribution in [1.82, 2.24) is 19.1 Å². The summed E-state index contributed by atoms with van der Waals surface area (Å²) in [6.07, 6.45) is 10.6. The third kappa shape index (κ3) is 2.68. The van der Waals surface area contributed by atoms with Crippen LogP contribution in [0, 0.1) is 0 Å². The minimum Gasteiger partial charge on any atom is -0.331 e. The Balaban J connectivity index is 1.75. The Morgan fingerprint density at radius 2 is 2.32 bits per heavy atom. The first kappa shape index (κ1) is 14.6. The molecule has 3 rings (SSSR count). The van der Waals surface area contributed by atoms with Crippen molar-refractivity contribution < 1.29 is 4.79 Å². The molecule has 116 valence electrons. The number of aromatic nitrogens is 3. The molecule has 0 N–H and O–H groups in total. The van der Waals surface area contributed by atoms with Gasteiger partial charge in [0.05, 0.1) is 6.04 Å². The number of carbonyl (C=O) groups is 1. The Labute approximate surface area is 128 Å². The van der Waals surface area contributed by atoms with Crippen LogP contribution in [-0.4, -0.2) is 37.6 Å². The highest BCUT2D eigenvalue weighted by Crippen LogP contribution is 2.16. The predicted molar refractivity (Wildman–Crippen MR) is 83.6 cm³/mol. The van der Waals surface area contributed by atoms with Gasteiger partial charge in [-0.3, -0.25) is 9.59 Å². The summed E-state index contributed by atoms with van der Waals surface area (Å²) in [5, 5.41) is 4.08. The zero-order valence-electron chi connectivity index (χ0n) is 12.7. The molecule has 2 aromatic rings. The summed E-state index contributed by atoms with van der Waals surface area (Å²) in [5.41, 5.74) is 0.294. The van der Waals surface area contributed by atoms with Crippen molar-refractivity contribution >= 4 is 11.4 Å². The lowest BCUT2D eigenvalue weighted by Crippen LogP contribution is -2.40. The van der Waals surface area contributed by atoms with Gasteiger partial charge in [0.15, 0.2) is 0 Å². The summed E-state index contributed by atoms with van der Waals surface area (Å²) >= 11 is 0. The Bertz CT molecular complexity index is 759. The topological polar surface area (TPSA) is 59.6 Å². The van der Waals surface area contributed by atoms with E-state index in [4.69, 9.17) is 0 Å². The fraction of sp³-hybridized carbons (Fsp3) is 0.438. The zero-order chi connectivity index (χ0) is 15.5. The maximum atomic E-state index is 12.5. The van der Waals surface area contributed by atoms with Gasteiger partial charge >= 0.3 is 0 Å². The molecule has 0 aromatic carbocycles. The van der Waals surface area contributed by atoms with Crippen molar-refractivity contribution in [1.29, 1.82) is 0 Å². The van der Waals surface area contributed by atoms with Crippen molar-refractivity contribution in [3.05, 3.63) is 47.2 Å². The standard InChI is InChI=1S/C16H20N4O2/c1-2-3-6-13-7-4-10-19(13)15(21)11-20-16(22)14-8-5-9-18(14)12-17-20/h4-5,7-9,12-13H,2-3,6,10-11H2,1H3. The monoisotopic (exact) mass is 300 g/mol. The number of carbonyl (C=O) groups excluding carboxylic acids is 1. The average molecular weight is 300 g/mol. The van der Waals surface area contributed by atoms with Gasteiger partial charge in [0.25, 0.3) is 5.56 Å². The van der Waals surface area contributed by atoms with Crippen LogP contribution in [0.4, 0.5) is 0 Å². The largest absolute Gasteiger partial charge is 0.331 e. The Hall–Kier alpha value is -2.37. The van der Waals surface area contributed by atoms with Crippen molar-refractivity contribution in [2.75, 3.05) is 6.54 Å². The number of fused-ring (bicyclic) bond motifs is 1. The van der Waals surface area contributed by atoms with Crippen LogP contribution >= 0.6 is 0 Å². The van der Waals surface area contributed by atoms with E-state index in [-0.39, 0.29) is 24.1 Å². The molecule has 0 spiro atoms. The highest BCUT2D eigenvalue weighted by atomic mass is 16.2. The van der Waals surface area contributed by atoms with E-state index in [2.05, 4.69) is 18.1 Å². The first-order valence-electron chi connectivity index (χ1n) is 7.69. The molecule has 0 saturated heterocycles. The number of nitrogens with zero attached hydrogens (tertiary/aromatic N) is 4. The van der Waals surface area contributed by atoms with Gasteiger partial charge in [-0.15, -0.1) is 0 Å². The molecule has 3 heterocycles. The molecule has 0 bridgehead atoms. The molecule has 1 unspecified atom stereocenters. The van der Waals surface area contributed by atoms with Gasteiger partial charge in [-0.2, -0.15) is 5.10 Å². The number of unbranched alkanes of at least 4 members (excludes halogenated alkanes) is 1. The molecule has 1 aliphatic rings. The SMILES string of the molecule is CCCCC1C=CCN1C(=O)Cn1ncn2cccc2c1=O. The third-order valence-corrected chi connectivity index (χ3v) is 4.07. The van der Waals surface area contributed by atoms with E-state index in [1.54, 1.807) is 29.1 Å². The first-order chi connectivity index (χ1) is 10.7. The molecule has 1 amide bonds. The smallest absolute Gasteiger partial charge is 0.291 e. The minimum absolute atomic E-state index is 0.00911. The maximum absolute atomic E-state index is 12.5. The second-order valence-corrected chi connectivity index (χ2v) is 5.58. The molecule has 0 saturated carbocycles. The van der Waals surface area contributed by atoms with Crippen molar-refractivity contribution in [3.8, 4) is 0 Å². The van der Waals surface area contributed by atoms with E-state index in [9.17, 15) is 9.59 Å². The fourth-order valence-corrected chi connectivity index (χ4v) is 2.83. The van der Waals surface area contributed by atoms with E-state index < -0.39 is 0 Å². The third-order valence-electron chi connectivity index (χ3n) is 4.07. The lowest BCUT2D eigenvalue weighted by Gasteiger charge is -2.24. The number of rotatable bonds is 5. The quantitative estimate of drug-likeness (QED) is 0.785.